The number of hydrogen-bond acceptors (Lipinski definition) is 1. The number of hydrogen-bond donors (Lipinski definition) is 0. The van der Waals surface area contributed by atoms with Crippen molar-refractivity contribution in [3.05, 3.63) is 42.0 Å². The summed E-state index contributed by atoms with van der Waals surface area (Å²) < 4.78 is 0. The maximum absolute atomic E-state index is 4.58. The maximum atomic E-state index is 4.58. The molecule has 0 saturated heterocycles. The molecule has 1 aromatic carbocycles. The van der Waals surface area contributed by atoms with Crippen LogP contribution in [0, 0.1) is 17.3 Å². The number of para-hydroxylation sites is 1. The number of nitrogens with zero attached hydrogens (tertiary/aromatic N) is 1. The first-order valence-corrected chi connectivity index (χ1v) is 6.47. The highest BCUT2D eigenvalue weighted by molar-refractivity contribution is 5.82. The molecule has 4 rings (SSSR count). The normalized spacial score (nSPS) is 29.9. The summed E-state index contributed by atoms with van der Waals surface area (Å²) >= 11 is 0. The van der Waals surface area contributed by atoms with Gasteiger partial charge in [-0.05, 0) is 47.8 Å². The van der Waals surface area contributed by atoms with Gasteiger partial charge in [0.1, 0.15) is 0 Å². The Morgan fingerprint density at radius 2 is 2.00 bits per heavy atom. The average molecular weight is 225 g/mol. The lowest BCUT2D eigenvalue weighted by Gasteiger charge is -2.55. The second-order valence-corrected chi connectivity index (χ2v) is 5.84. The van der Waals surface area contributed by atoms with Crippen LogP contribution in [0.3, 0.4) is 0 Å². The van der Waals surface area contributed by atoms with Crippen molar-refractivity contribution in [2.75, 3.05) is 0 Å². The van der Waals surface area contributed by atoms with E-state index in [0.717, 1.165) is 17.5 Å². The van der Waals surface area contributed by atoms with Crippen LogP contribution in [0.1, 0.15) is 26.7 Å². The summed E-state index contributed by atoms with van der Waals surface area (Å²) in [5, 5.41) is 0. The van der Waals surface area contributed by atoms with Gasteiger partial charge in [-0.1, -0.05) is 38.1 Å². The highest BCUT2D eigenvalue weighted by atomic mass is 14.7. The SMILES string of the molecule is CC1(C)[C@H]2CC=C(C=Nc3ccccc3)[C@H]1C2. The molecule has 1 heteroatoms. The van der Waals surface area contributed by atoms with Gasteiger partial charge in [0.05, 0.1) is 5.69 Å². The third kappa shape index (κ3) is 1.74. The van der Waals surface area contributed by atoms with Crippen molar-refractivity contribution in [2.45, 2.75) is 26.7 Å². The fourth-order valence-corrected chi connectivity index (χ4v) is 3.21. The van der Waals surface area contributed by atoms with Gasteiger partial charge >= 0.3 is 0 Å². The minimum absolute atomic E-state index is 0.493. The minimum Gasteiger partial charge on any atom is -0.257 e. The molecule has 2 bridgehead atoms. The Morgan fingerprint density at radius 1 is 1.24 bits per heavy atom. The summed E-state index contributed by atoms with van der Waals surface area (Å²) in [5.41, 5.74) is 2.99. The third-order valence-corrected chi connectivity index (χ3v) is 4.63. The lowest BCUT2D eigenvalue weighted by Crippen LogP contribution is -2.48. The summed E-state index contributed by atoms with van der Waals surface area (Å²) in [7, 11) is 0. The molecule has 0 heterocycles. The lowest BCUT2D eigenvalue weighted by atomic mass is 9.49. The monoisotopic (exact) mass is 225 g/mol. The first kappa shape index (κ1) is 10.8. The van der Waals surface area contributed by atoms with Gasteiger partial charge in [-0.25, -0.2) is 0 Å². The van der Waals surface area contributed by atoms with Crippen LogP contribution < -0.4 is 0 Å². The summed E-state index contributed by atoms with van der Waals surface area (Å²) in [4.78, 5) is 4.58. The van der Waals surface area contributed by atoms with Gasteiger partial charge in [0.2, 0.25) is 0 Å². The van der Waals surface area contributed by atoms with Gasteiger partial charge < -0.3 is 0 Å². The molecule has 88 valence electrons. The van der Waals surface area contributed by atoms with E-state index in [1.165, 1.54) is 18.4 Å². The smallest absolute Gasteiger partial charge is 0.0629 e. The Balaban J connectivity index is 1.79. The number of aliphatic imine (C=N–C) groups is 1. The van der Waals surface area contributed by atoms with E-state index in [9.17, 15) is 0 Å². The van der Waals surface area contributed by atoms with Gasteiger partial charge in [0.25, 0.3) is 0 Å². The molecule has 3 aliphatic carbocycles. The van der Waals surface area contributed by atoms with Crippen LogP contribution in [0.2, 0.25) is 0 Å². The molecule has 0 N–H and O–H groups in total. The van der Waals surface area contributed by atoms with E-state index in [2.05, 4.69) is 43.3 Å². The number of rotatable bonds is 2. The molecule has 1 aromatic rings. The van der Waals surface area contributed by atoms with E-state index < -0.39 is 0 Å². The Morgan fingerprint density at radius 3 is 2.65 bits per heavy atom. The summed E-state index contributed by atoms with van der Waals surface area (Å²) in [6.07, 6.45) is 7.06. The Hall–Kier alpha value is -1.37. The van der Waals surface area contributed by atoms with Crippen LogP contribution in [0.25, 0.3) is 0 Å². The molecule has 0 unspecified atom stereocenters. The molecule has 0 amide bonds. The minimum atomic E-state index is 0.493. The molecule has 1 nitrogen and oxygen atoms in total. The standard InChI is InChI=1S/C16H19N/c1-16(2)13-9-8-12(15(16)10-13)11-17-14-6-4-3-5-7-14/h3-8,11,13,15H,9-10H2,1-2H3/t13-,15+/m0/s1. The Labute approximate surface area is 103 Å². The molecule has 0 spiro atoms. The van der Waals surface area contributed by atoms with Crippen molar-refractivity contribution in [1.29, 1.82) is 0 Å². The summed E-state index contributed by atoms with van der Waals surface area (Å²) in [6.45, 7) is 4.80. The largest absolute Gasteiger partial charge is 0.257 e. The highest BCUT2D eigenvalue weighted by Gasteiger charge is 2.50. The molecule has 3 aliphatic rings. The quantitative estimate of drug-likeness (QED) is 0.662. The molecule has 0 aromatic heterocycles. The molecular weight excluding hydrogens is 206 g/mol. The first-order chi connectivity index (χ1) is 8.18. The van der Waals surface area contributed by atoms with E-state index >= 15 is 0 Å². The van der Waals surface area contributed by atoms with Crippen LogP contribution in [0.15, 0.2) is 47.0 Å². The van der Waals surface area contributed by atoms with E-state index in [-0.39, 0.29) is 0 Å². The van der Waals surface area contributed by atoms with E-state index in [1.807, 2.05) is 18.2 Å². The molecule has 0 aliphatic heterocycles. The predicted octanol–water partition coefficient (Wildman–Crippen LogP) is 4.38. The van der Waals surface area contributed by atoms with Crippen LogP contribution in [0.4, 0.5) is 5.69 Å². The van der Waals surface area contributed by atoms with E-state index in [1.54, 1.807) is 0 Å². The van der Waals surface area contributed by atoms with Crippen LogP contribution >= 0.6 is 0 Å². The maximum Gasteiger partial charge on any atom is 0.0629 e. The third-order valence-electron chi connectivity index (χ3n) is 4.63. The average Bonchev–Trinajstić information content (AvgIpc) is 2.37. The molecule has 17 heavy (non-hydrogen) atoms. The zero-order chi connectivity index (χ0) is 11.9. The van der Waals surface area contributed by atoms with Gasteiger partial charge in [-0.15, -0.1) is 0 Å². The van der Waals surface area contributed by atoms with Crippen molar-refractivity contribution in [1.82, 2.24) is 0 Å². The van der Waals surface area contributed by atoms with Crippen molar-refractivity contribution >= 4 is 11.9 Å². The predicted molar refractivity (Wildman–Crippen MR) is 72.7 cm³/mol. The Kier molecular flexibility index (Phi) is 2.43. The molecular formula is C16H19N. The van der Waals surface area contributed by atoms with Gasteiger partial charge in [0, 0.05) is 6.21 Å². The zero-order valence-corrected chi connectivity index (χ0v) is 10.6. The second kappa shape index (κ2) is 3.83. The van der Waals surface area contributed by atoms with E-state index in [4.69, 9.17) is 0 Å². The number of allylic oxidation sites excluding steroid dienone is 2. The van der Waals surface area contributed by atoms with Gasteiger partial charge in [0.15, 0.2) is 0 Å². The number of benzene rings is 1. The molecule has 1 fully saturated rings. The fraction of sp³-hybridized carbons (Fsp3) is 0.438. The fourth-order valence-electron chi connectivity index (χ4n) is 3.21. The first-order valence-electron chi connectivity index (χ1n) is 6.47. The van der Waals surface area contributed by atoms with Crippen LogP contribution in [0.5, 0.6) is 0 Å². The van der Waals surface area contributed by atoms with E-state index in [0.29, 0.717) is 5.41 Å². The van der Waals surface area contributed by atoms with Crippen molar-refractivity contribution < 1.29 is 0 Å². The van der Waals surface area contributed by atoms with Gasteiger partial charge in [-0.2, -0.15) is 0 Å². The summed E-state index contributed by atoms with van der Waals surface area (Å²) in [6, 6.07) is 10.2. The summed E-state index contributed by atoms with van der Waals surface area (Å²) in [5.74, 6) is 1.63. The molecule has 0 radical (unpaired) electrons. The molecule has 2 atom stereocenters. The van der Waals surface area contributed by atoms with Crippen molar-refractivity contribution in [3.8, 4) is 0 Å². The van der Waals surface area contributed by atoms with Crippen molar-refractivity contribution in [2.24, 2.45) is 22.2 Å². The number of fused-ring (bicyclic) bond motifs is 1. The van der Waals surface area contributed by atoms with Gasteiger partial charge in [-0.3, -0.25) is 4.99 Å². The lowest BCUT2D eigenvalue weighted by molar-refractivity contribution is -0.00123. The Bertz CT molecular complexity index is 468. The van der Waals surface area contributed by atoms with Crippen LogP contribution in [-0.4, -0.2) is 6.21 Å². The zero-order valence-electron chi connectivity index (χ0n) is 10.6. The second-order valence-electron chi connectivity index (χ2n) is 5.84. The van der Waals surface area contributed by atoms with Crippen LogP contribution in [-0.2, 0) is 0 Å². The highest BCUT2D eigenvalue weighted by Crippen LogP contribution is 2.58. The molecule has 1 saturated carbocycles. The topological polar surface area (TPSA) is 12.4 Å². The van der Waals surface area contributed by atoms with Crippen molar-refractivity contribution in [3.63, 3.8) is 0 Å².